The zero-order valence-electron chi connectivity index (χ0n) is 17.9. The zero-order chi connectivity index (χ0) is 19.6. The maximum absolute atomic E-state index is 6.47. The van der Waals surface area contributed by atoms with Crippen LogP contribution in [0.4, 0.5) is 0 Å². The van der Waals surface area contributed by atoms with E-state index in [1.807, 2.05) is 6.07 Å². The Morgan fingerprint density at radius 2 is 1.73 bits per heavy atom. The molecule has 0 spiro atoms. The summed E-state index contributed by atoms with van der Waals surface area (Å²) in [6.45, 7) is 11.0. The summed E-state index contributed by atoms with van der Waals surface area (Å²) in [6, 6.07) is 10.7. The topological polar surface area (TPSA) is 21.7 Å². The second kappa shape index (κ2) is 11.5. The van der Waals surface area contributed by atoms with Crippen LogP contribution in [0.5, 0.6) is 0 Å². The van der Waals surface area contributed by atoms with E-state index in [4.69, 9.17) is 9.16 Å². The van der Waals surface area contributed by atoms with Gasteiger partial charge in [0.05, 0.1) is 0 Å². The summed E-state index contributed by atoms with van der Waals surface area (Å²) in [4.78, 5) is 2.20. The fourth-order valence-electron chi connectivity index (χ4n) is 2.69. The number of nitrogens with zero attached hydrogens (tertiary/aromatic N) is 1. The molecular formula is C22H39NO2Si. The summed E-state index contributed by atoms with van der Waals surface area (Å²) in [6.07, 6.45) is 8.13. The molecule has 0 radical (unpaired) electrons. The average molecular weight is 378 g/mol. The van der Waals surface area contributed by atoms with Gasteiger partial charge in [0, 0.05) is 6.04 Å². The summed E-state index contributed by atoms with van der Waals surface area (Å²) in [5.41, 5.74) is 1.18. The highest BCUT2D eigenvalue weighted by atomic mass is 28.4. The van der Waals surface area contributed by atoms with Gasteiger partial charge >= 0.3 is 0 Å². The van der Waals surface area contributed by atoms with E-state index in [1.54, 1.807) is 0 Å². The van der Waals surface area contributed by atoms with Crippen LogP contribution in [0.15, 0.2) is 42.4 Å². The highest BCUT2D eigenvalue weighted by Gasteiger charge is 2.26. The first-order valence-corrected chi connectivity index (χ1v) is 13.4. The van der Waals surface area contributed by atoms with Gasteiger partial charge in [-0.3, -0.25) is 0 Å². The zero-order valence-corrected chi connectivity index (χ0v) is 18.9. The van der Waals surface area contributed by atoms with Crippen LogP contribution < -0.4 is 0 Å². The van der Waals surface area contributed by atoms with E-state index >= 15 is 0 Å². The Morgan fingerprint density at radius 1 is 1.08 bits per heavy atom. The number of allylic oxidation sites excluding steroid dienone is 1. The number of unbranched alkanes of at least 4 members (excludes halogenated alkanes) is 4. The fourth-order valence-corrected chi connectivity index (χ4v) is 3.43. The third-order valence-electron chi connectivity index (χ3n) is 4.40. The van der Waals surface area contributed by atoms with Crippen molar-refractivity contribution in [2.45, 2.75) is 77.7 Å². The van der Waals surface area contributed by atoms with E-state index in [0.717, 1.165) is 6.42 Å². The standard InChI is InChI=1S/C22H39NO2Si/c1-8-9-10-11-15-18-21(25-26(5,6)7)24-22(19(2)23(3)4)20-16-13-12-14-17-20/h12-14,16-19,22H,8-11,15H2,1-7H3/b21-18-/t19-,22-/m0/s1. The summed E-state index contributed by atoms with van der Waals surface area (Å²) in [7, 11) is 2.46. The second-order valence-electron chi connectivity index (χ2n) is 8.24. The summed E-state index contributed by atoms with van der Waals surface area (Å²) < 4.78 is 12.8. The van der Waals surface area contributed by atoms with Crippen molar-refractivity contribution in [3.8, 4) is 0 Å². The maximum atomic E-state index is 6.47. The summed E-state index contributed by atoms with van der Waals surface area (Å²) in [5.74, 6) is 0.711. The van der Waals surface area contributed by atoms with E-state index in [2.05, 4.69) is 82.8 Å². The highest BCUT2D eigenvalue weighted by molar-refractivity contribution is 6.70. The SMILES string of the molecule is CCCCCC/C=C(/O[C@H](c1ccccc1)[C@H](C)N(C)C)O[Si](C)(C)C. The van der Waals surface area contributed by atoms with E-state index < -0.39 is 8.32 Å². The Hall–Kier alpha value is -1.26. The largest absolute Gasteiger partial charge is 0.520 e. The minimum Gasteiger partial charge on any atom is -0.520 e. The molecule has 0 bridgehead atoms. The van der Waals surface area contributed by atoms with E-state index in [0.29, 0.717) is 5.95 Å². The Bertz CT molecular complexity index is 523. The summed E-state index contributed by atoms with van der Waals surface area (Å²) >= 11 is 0. The molecule has 1 aromatic carbocycles. The predicted octanol–water partition coefficient (Wildman–Crippen LogP) is 6.36. The smallest absolute Gasteiger partial charge is 0.261 e. The molecule has 0 aliphatic rings. The van der Waals surface area contributed by atoms with Gasteiger partial charge in [-0.05, 0) is 65.1 Å². The van der Waals surface area contributed by atoms with E-state index in [-0.39, 0.29) is 12.1 Å². The van der Waals surface area contributed by atoms with Crippen LogP contribution in [0.25, 0.3) is 0 Å². The van der Waals surface area contributed by atoms with Crippen LogP contribution in [-0.2, 0) is 9.16 Å². The minimum atomic E-state index is -1.73. The quantitative estimate of drug-likeness (QED) is 0.240. The van der Waals surface area contributed by atoms with Crippen LogP contribution in [0, 0.1) is 0 Å². The molecule has 1 aromatic rings. The molecule has 0 unspecified atom stereocenters. The Kier molecular flexibility index (Phi) is 10.0. The van der Waals surface area contributed by atoms with Gasteiger partial charge in [0.15, 0.2) is 0 Å². The summed E-state index contributed by atoms with van der Waals surface area (Å²) in [5, 5.41) is 0. The Balaban J connectivity index is 2.95. The first-order valence-electron chi connectivity index (χ1n) is 10.0. The average Bonchev–Trinajstić information content (AvgIpc) is 2.58. The lowest BCUT2D eigenvalue weighted by Gasteiger charge is -2.32. The Labute approximate surface area is 162 Å². The van der Waals surface area contributed by atoms with Crippen molar-refractivity contribution in [2.24, 2.45) is 0 Å². The van der Waals surface area contributed by atoms with Gasteiger partial charge in [-0.2, -0.15) is 0 Å². The van der Waals surface area contributed by atoms with Gasteiger partial charge in [-0.15, -0.1) is 0 Å². The lowest BCUT2D eigenvalue weighted by atomic mass is 10.0. The lowest BCUT2D eigenvalue weighted by molar-refractivity contribution is -0.00360. The molecule has 0 N–H and O–H groups in total. The minimum absolute atomic E-state index is 0.0514. The predicted molar refractivity (Wildman–Crippen MR) is 115 cm³/mol. The van der Waals surface area contributed by atoms with Crippen LogP contribution >= 0.6 is 0 Å². The van der Waals surface area contributed by atoms with Crippen molar-refractivity contribution in [3.05, 3.63) is 47.9 Å². The third kappa shape index (κ3) is 8.90. The second-order valence-corrected chi connectivity index (χ2v) is 12.7. The molecule has 0 aromatic heterocycles. The van der Waals surface area contributed by atoms with Gasteiger partial charge in [-0.1, -0.05) is 56.5 Å². The molecule has 0 saturated heterocycles. The fraction of sp³-hybridized carbons (Fsp3) is 0.636. The first-order chi connectivity index (χ1) is 12.2. The molecule has 1 rings (SSSR count). The maximum Gasteiger partial charge on any atom is 0.261 e. The van der Waals surface area contributed by atoms with Crippen molar-refractivity contribution in [1.29, 1.82) is 0 Å². The molecule has 0 amide bonds. The number of ether oxygens (including phenoxy) is 1. The molecular weight excluding hydrogens is 338 g/mol. The van der Waals surface area contributed by atoms with Crippen molar-refractivity contribution >= 4 is 8.32 Å². The monoisotopic (exact) mass is 377 g/mol. The molecule has 4 heteroatoms. The number of rotatable bonds is 12. The van der Waals surface area contributed by atoms with Gasteiger partial charge in [0.2, 0.25) is 8.32 Å². The molecule has 26 heavy (non-hydrogen) atoms. The lowest BCUT2D eigenvalue weighted by Crippen LogP contribution is -2.34. The normalized spacial score (nSPS) is 15.0. The molecule has 0 aliphatic carbocycles. The van der Waals surface area contributed by atoms with Crippen LogP contribution in [0.3, 0.4) is 0 Å². The molecule has 3 nitrogen and oxygen atoms in total. The number of hydrogen-bond donors (Lipinski definition) is 0. The van der Waals surface area contributed by atoms with Crippen LogP contribution in [0.1, 0.15) is 57.6 Å². The molecule has 2 atom stereocenters. The third-order valence-corrected chi connectivity index (χ3v) is 5.21. The van der Waals surface area contributed by atoms with E-state index in [9.17, 15) is 0 Å². The van der Waals surface area contributed by atoms with Gasteiger partial charge in [0.1, 0.15) is 6.10 Å². The molecule has 0 aliphatic heterocycles. The van der Waals surface area contributed by atoms with Gasteiger partial charge < -0.3 is 14.1 Å². The van der Waals surface area contributed by atoms with Gasteiger partial charge in [-0.25, -0.2) is 0 Å². The van der Waals surface area contributed by atoms with Crippen molar-refractivity contribution in [1.82, 2.24) is 4.90 Å². The first kappa shape index (κ1) is 22.8. The molecule has 0 fully saturated rings. The number of hydrogen-bond acceptors (Lipinski definition) is 3. The van der Waals surface area contributed by atoms with Crippen LogP contribution in [-0.4, -0.2) is 33.4 Å². The highest BCUT2D eigenvalue weighted by Crippen LogP contribution is 2.28. The van der Waals surface area contributed by atoms with E-state index in [1.165, 1.54) is 31.2 Å². The molecule has 0 saturated carbocycles. The van der Waals surface area contributed by atoms with Crippen molar-refractivity contribution in [2.75, 3.05) is 14.1 Å². The van der Waals surface area contributed by atoms with Crippen LogP contribution in [0.2, 0.25) is 19.6 Å². The molecule has 148 valence electrons. The van der Waals surface area contributed by atoms with Gasteiger partial charge in [0.25, 0.3) is 5.95 Å². The Morgan fingerprint density at radius 3 is 2.27 bits per heavy atom. The number of benzene rings is 1. The van der Waals surface area contributed by atoms with Crippen molar-refractivity contribution < 1.29 is 9.16 Å². The molecule has 0 heterocycles. The number of likely N-dealkylation sites (N-methyl/N-ethyl adjacent to an activating group) is 1. The van der Waals surface area contributed by atoms with Crippen molar-refractivity contribution in [3.63, 3.8) is 0 Å².